The molecular weight excluding hydrogens is 252 g/mol. The smallest absolute Gasteiger partial charge is 0.348 e. The van der Waals surface area contributed by atoms with E-state index in [9.17, 15) is 4.79 Å². The molecule has 0 spiro atoms. The number of thiophene rings is 1. The zero-order chi connectivity index (χ0) is 13.2. The van der Waals surface area contributed by atoms with Crippen LogP contribution in [0, 0.1) is 0 Å². The zero-order valence-electron chi connectivity index (χ0n) is 10.6. The van der Waals surface area contributed by atoms with Crippen molar-refractivity contribution < 1.29 is 14.3 Å². The lowest BCUT2D eigenvalue weighted by atomic mass is 10.0. The highest BCUT2D eigenvalue weighted by Crippen LogP contribution is 2.31. The molecule has 1 aliphatic rings. The minimum Gasteiger partial charge on any atom is -0.465 e. The number of esters is 1. The maximum Gasteiger partial charge on any atom is 0.348 e. The van der Waals surface area contributed by atoms with Gasteiger partial charge in [0.2, 0.25) is 0 Å². The normalized spacial score (nSPS) is 18.7. The number of hydrogen-bond donors (Lipinski definition) is 1. The maximum atomic E-state index is 11.4. The van der Waals surface area contributed by atoms with Crippen LogP contribution < -0.4 is 10.6 Å². The molecule has 100 valence electrons. The topological polar surface area (TPSA) is 64.8 Å². The molecular formula is C12H18N2O3S. The Labute approximate surface area is 110 Å². The molecule has 2 N–H and O–H groups in total. The Bertz CT molecular complexity index is 425. The predicted molar refractivity (Wildman–Crippen MR) is 71.0 cm³/mol. The monoisotopic (exact) mass is 270 g/mol. The van der Waals surface area contributed by atoms with Crippen LogP contribution in [0.2, 0.25) is 0 Å². The van der Waals surface area contributed by atoms with Crippen LogP contribution in [0.25, 0.3) is 0 Å². The summed E-state index contributed by atoms with van der Waals surface area (Å²) < 4.78 is 10.0. The highest BCUT2D eigenvalue weighted by molar-refractivity contribution is 7.17. The third kappa shape index (κ3) is 2.66. The van der Waals surface area contributed by atoms with Crippen LogP contribution in [0.15, 0.2) is 12.1 Å². The van der Waals surface area contributed by atoms with Crippen molar-refractivity contribution in [3.63, 3.8) is 0 Å². The molecule has 18 heavy (non-hydrogen) atoms. The number of nitrogens with two attached hydrogens (primary N) is 1. The van der Waals surface area contributed by atoms with Gasteiger partial charge in [0.15, 0.2) is 0 Å². The molecule has 1 aliphatic heterocycles. The number of hydrogen-bond acceptors (Lipinski definition) is 6. The summed E-state index contributed by atoms with van der Waals surface area (Å²) in [6.45, 7) is 1.68. The number of ether oxygens (including phenoxy) is 2. The van der Waals surface area contributed by atoms with Crippen molar-refractivity contribution in [3.05, 3.63) is 17.0 Å². The van der Waals surface area contributed by atoms with Gasteiger partial charge in [0.1, 0.15) is 10.6 Å². The second-order valence-electron chi connectivity index (χ2n) is 4.39. The number of carbonyl (C=O) groups is 1. The van der Waals surface area contributed by atoms with E-state index in [4.69, 9.17) is 15.2 Å². The fourth-order valence-electron chi connectivity index (χ4n) is 2.02. The fourth-order valence-corrected chi connectivity index (χ4v) is 2.99. The lowest BCUT2D eigenvalue weighted by Crippen LogP contribution is -2.51. The van der Waals surface area contributed by atoms with Gasteiger partial charge < -0.3 is 20.1 Å². The van der Waals surface area contributed by atoms with Crippen molar-refractivity contribution in [2.45, 2.75) is 18.6 Å². The second kappa shape index (κ2) is 5.26. The molecule has 0 aliphatic carbocycles. The lowest BCUT2D eigenvalue weighted by Gasteiger charge is -2.38. The minimum absolute atomic E-state index is 0.284. The van der Waals surface area contributed by atoms with Gasteiger partial charge in [-0.2, -0.15) is 0 Å². The average Bonchev–Trinajstić information content (AvgIpc) is 2.88. The number of piperidine rings is 1. The Morgan fingerprint density at radius 3 is 2.61 bits per heavy atom. The first-order chi connectivity index (χ1) is 8.58. The number of rotatable bonds is 3. The summed E-state index contributed by atoms with van der Waals surface area (Å²) in [4.78, 5) is 14.2. The third-order valence-corrected chi connectivity index (χ3v) is 4.43. The Balaban J connectivity index is 2.02. The Morgan fingerprint density at radius 2 is 2.06 bits per heavy atom. The third-order valence-electron chi connectivity index (χ3n) is 3.31. The molecule has 1 fully saturated rings. The highest BCUT2D eigenvalue weighted by atomic mass is 32.1. The van der Waals surface area contributed by atoms with Gasteiger partial charge in [0.25, 0.3) is 0 Å². The molecule has 2 heterocycles. The molecule has 0 unspecified atom stereocenters. The number of nitrogens with zero attached hydrogens (tertiary/aromatic N) is 1. The molecule has 0 aromatic carbocycles. The molecule has 0 saturated carbocycles. The molecule has 2 rings (SSSR count). The van der Waals surface area contributed by atoms with Crippen LogP contribution >= 0.6 is 11.3 Å². The van der Waals surface area contributed by atoms with Gasteiger partial charge in [-0.15, -0.1) is 11.3 Å². The number of methoxy groups -OCH3 is 2. The first-order valence-corrected chi connectivity index (χ1v) is 6.67. The van der Waals surface area contributed by atoms with Crippen molar-refractivity contribution in [2.75, 3.05) is 32.2 Å². The van der Waals surface area contributed by atoms with E-state index in [2.05, 4.69) is 4.90 Å². The fraction of sp³-hybridized carbons (Fsp3) is 0.583. The van der Waals surface area contributed by atoms with E-state index in [0.29, 0.717) is 4.88 Å². The quantitative estimate of drug-likeness (QED) is 0.665. The summed E-state index contributed by atoms with van der Waals surface area (Å²) in [5.41, 5.74) is 5.55. The van der Waals surface area contributed by atoms with Gasteiger partial charge in [0, 0.05) is 33.0 Å². The first kappa shape index (κ1) is 13.3. The summed E-state index contributed by atoms with van der Waals surface area (Å²) in [5.74, 6) is -0.284. The van der Waals surface area contributed by atoms with Crippen LogP contribution in [-0.4, -0.2) is 39.0 Å². The molecule has 1 aromatic rings. The molecule has 0 amide bonds. The molecule has 1 saturated heterocycles. The van der Waals surface area contributed by atoms with Gasteiger partial charge in [-0.25, -0.2) is 4.79 Å². The van der Waals surface area contributed by atoms with Crippen LogP contribution in [-0.2, 0) is 9.47 Å². The van der Waals surface area contributed by atoms with Gasteiger partial charge in [0.05, 0.1) is 12.1 Å². The molecule has 6 heteroatoms. The van der Waals surface area contributed by atoms with E-state index in [1.807, 2.05) is 6.07 Å². The Hall–Kier alpha value is -1.11. The summed E-state index contributed by atoms with van der Waals surface area (Å²) in [6.07, 6.45) is 1.57. The van der Waals surface area contributed by atoms with Crippen LogP contribution in [0.3, 0.4) is 0 Å². The Morgan fingerprint density at radius 1 is 1.39 bits per heavy atom. The summed E-state index contributed by atoms with van der Waals surface area (Å²) in [6, 6.07) is 3.75. The first-order valence-electron chi connectivity index (χ1n) is 5.85. The maximum absolute atomic E-state index is 11.4. The molecule has 1 aromatic heterocycles. The SMILES string of the molecule is COC(=O)c1ccc(N2CCC(N)(OC)CC2)s1. The van der Waals surface area contributed by atoms with Gasteiger partial charge >= 0.3 is 5.97 Å². The second-order valence-corrected chi connectivity index (χ2v) is 5.45. The zero-order valence-corrected chi connectivity index (χ0v) is 11.5. The van der Waals surface area contributed by atoms with Gasteiger partial charge in [-0.3, -0.25) is 0 Å². The van der Waals surface area contributed by atoms with E-state index >= 15 is 0 Å². The summed E-state index contributed by atoms with van der Waals surface area (Å²) in [5, 5.41) is 1.08. The lowest BCUT2D eigenvalue weighted by molar-refractivity contribution is -0.0239. The minimum atomic E-state index is -0.501. The van der Waals surface area contributed by atoms with E-state index in [1.165, 1.54) is 18.4 Å². The summed E-state index contributed by atoms with van der Waals surface area (Å²) >= 11 is 1.45. The average molecular weight is 270 g/mol. The van der Waals surface area contributed by atoms with Crippen molar-refractivity contribution >= 4 is 22.3 Å². The highest BCUT2D eigenvalue weighted by Gasteiger charge is 2.31. The van der Waals surface area contributed by atoms with E-state index in [1.54, 1.807) is 13.2 Å². The summed E-state index contributed by atoms with van der Waals surface area (Å²) in [7, 11) is 3.04. The Kier molecular flexibility index (Phi) is 3.89. The molecule has 5 nitrogen and oxygen atoms in total. The molecule has 0 radical (unpaired) electrons. The van der Waals surface area contributed by atoms with Crippen molar-refractivity contribution in [1.29, 1.82) is 0 Å². The number of anilines is 1. The van der Waals surface area contributed by atoms with E-state index in [-0.39, 0.29) is 5.97 Å². The van der Waals surface area contributed by atoms with Gasteiger partial charge in [-0.05, 0) is 12.1 Å². The van der Waals surface area contributed by atoms with Crippen molar-refractivity contribution in [1.82, 2.24) is 0 Å². The van der Waals surface area contributed by atoms with Crippen LogP contribution in [0.1, 0.15) is 22.5 Å². The molecule has 0 bridgehead atoms. The number of carbonyl (C=O) groups excluding carboxylic acids is 1. The largest absolute Gasteiger partial charge is 0.465 e. The van der Waals surface area contributed by atoms with Gasteiger partial charge in [-0.1, -0.05) is 0 Å². The molecule has 0 atom stereocenters. The van der Waals surface area contributed by atoms with E-state index < -0.39 is 5.72 Å². The predicted octanol–water partition coefficient (Wildman–Crippen LogP) is 1.44. The van der Waals surface area contributed by atoms with Crippen LogP contribution in [0.4, 0.5) is 5.00 Å². The van der Waals surface area contributed by atoms with E-state index in [0.717, 1.165) is 30.9 Å². The van der Waals surface area contributed by atoms with Crippen molar-refractivity contribution in [2.24, 2.45) is 5.73 Å². The standard InChI is InChI=1S/C12H18N2O3S/c1-16-11(15)9-3-4-10(18-9)14-7-5-12(13,17-2)6-8-14/h3-4H,5-8,13H2,1-2H3. The van der Waals surface area contributed by atoms with Crippen LogP contribution in [0.5, 0.6) is 0 Å². The van der Waals surface area contributed by atoms with Crippen molar-refractivity contribution in [3.8, 4) is 0 Å².